The topological polar surface area (TPSA) is 50.8 Å². The summed E-state index contributed by atoms with van der Waals surface area (Å²) in [5.74, 6) is -0.192. The van der Waals surface area contributed by atoms with Gasteiger partial charge in [-0.1, -0.05) is 6.92 Å². The molecular formula is C14H28N2O3. The molecule has 0 aromatic carbocycles. The summed E-state index contributed by atoms with van der Waals surface area (Å²) in [4.78, 5) is 14.0. The van der Waals surface area contributed by atoms with Crippen LogP contribution in [0.4, 0.5) is 0 Å². The summed E-state index contributed by atoms with van der Waals surface area (Å²) in [6, 6.07) is 0.547. The lowest BCUT2D eigenvalue weighted by atomic mass is 10.1. The van der Waals surface area contributed by atoms with Gasteiger partial charge in [0, 0.05) is 32.8 Å². The maximum Gasteiger partial charge on any atom is 0.309 e. The summed E-state index contributed by atoms with van der Waals surface area (Å²) in [5.41, 5.74) is 0. The van der Waals surface area contributed by atoms with Crippen LogP contribution in [0.5, 0.6) is 0 Å². The van der Waals surface area contributed by atoms with E-state index in [9.17, 15) is 4.79 Å². The van der Waals surface area contributed by atoms with Crippen LogP contribution in [0.15, 0.2) is 0 Å². The fourth-order valence-electron chi connectivity index (χ4n) is 2.45. The van der Waals surface area contributed by atoms with Gasteiger partial charge in [-0.05, 0) is 26.3 Å². The average Bonchev–Trinajstić information content (AvgIpc) is 2.89. The minimum atomic E-state index is -0.107. The highest BCUT2D eigenvalue weighted by molar-refractivity contribution is 5.72. The molecule has 1 heterocycles. The third-order valence-corrected chi connectivity index (χ3v) is 3.47. The van der Waals surface area contributed by atoms with E-state index in [0.717, 1.165) is 26.2 Å². The SMILES string of the molecule is CCOC(=O)C(C)CN(CCOC)CC1CCCN1. The molecule has 2 unspecified atom stereocenters. The second-order valence-corrected chi connectivity index (χ2v) is 5.20. The predicted molar refractivity (Wildman–Crippen MR) is 75.1 cm³/mol. The van der Waals surface area contributed by atoms with E-state index >= 15 is 0 Å². The summed E-state index contributed by atoms with van der Waals surface area (Å²) >= 11 is 0. The third kappa shape index (κ3) is 6.36. The zero-order chi connectivity index (χ0) is 14.1. The molecule has 0 radical (unpaired) electrons. The van der Waals surface area contributed by atoms with Crippen molar-refractivity contribution in [3.8, 4) is 0 Å². The minimum absolute atomic E-state index is 0.0850. The van der Waals surface area contributed by atoms with E-state index in [2.05, 4.69) is 10.2 Å². The van der Waals surface area contributed by atoms with Gasteiger partial charge in [0.1, 0.15) is 0 Å². The van der Waals surface area contributed by atoms with Gasteiger partial charge in [0.2, 0.25) is 0 Å². The number of carbonyl (C=O) groups excluding carboxylic acids is 1. The molecule has 0 amide bonds. The highest BCUT2D eigenvalue weighted by atomic mass is 16.5. The van der Waals surface area contributed by atoms with Crippen molar-refractivity contribution in [3.05, 3.63) is 0 Å². The van der Waals surface area contributed by atoms with Crippen molar-refractivity contribution in [3.63, 3.8) is 0 Å². The number of hydrogen-bond donors (Lipinski definition) is 1. The fraction of sp³-hybridized carbons (Fsp3) is 0.929. The Balaban J connectivity index is 2.40. The third-order valence-electron chi connectivity index (χ3n) is 3.47. The molecule has 5 nitrogen and oxygen atoms in total. The van der Waals surface area contributed by atoms with E-state index in [-0.39, 0.29) is 11.9 Å². The maximum atomic E-state index is 11.7. The van der Waals surface area contributed by atoms with Crippen LogP contribution < -0.4 is 5.32 Å². The molecule has 1 fully saturated rings. The lowest BCUT2D eigenvalue weighted by molar-refractivity contribution is -0.148. The van der Waals surface area contributed by atoms with E-state index in [1.165, 1.54) is 12.8 Å². The first-order valence-electron chi connectivity index (χ1n) is 7.28. The molecule has 19 heavy (non-hydrogen) atoms. The second-order valence-electron chi connectivity index (χ2n) is 5.20. The van der Waals surface area contributed by atoms with Crippen LogP contribution in [-0.4, -0.2) is 63.4 Å². The van der Waals surface area contributed by atoms with Gasteiger partial charge in [0.25, 0.3) is 0 Å². The average molecular weight is 272 g/mol. The van der Waals surface area contributed by atoms with E-state index in [0.29, 0.717) is 19.3 Å². The normalized spacial score (nSPS) is 20.7. The van der Waals surface area contributed by atoms with Crippen LogP contribution in [0, 0.1) is 5.92 Å². The first-order chi connectivity index (χ1) is 9.17. The molecule has 0 aliphatic carbocycles. The molecular weight excluding hydrogens is 244 g/mol. The highest BCUT2D eigenvalue weighted by Gasteiger charge is 2.22. The van der Waals surface area contributed by atoms with Crippen molar-refractivity contribution in [2.24, 2.45) is 5.92 Å². The van der Waals surface area contributed by atoms with Gasteiger partial charge in [-0.3, -0.25) is 9.69 Å². The molecule has 0 saturated carbocycles. The molecule has 1 aliphatic rings. The lowest BCUT2D eigenvalue weighted by Crippen LogP contribution is -2.42. The van der Waals surface area contributed by atoms with Crippen molar-refractivity contribution in [1.82, 2.24) is 10.2 Å². The quantitative estimate of drug-likeness (QED) is 0.632. The molecule has 0 aromatic heterocycles. The number of carbonyl (C=O) groups is 1. The van der Waals surface area contributed by atoms with Gasteiger partial charge in [-0.25, -0.2) is 0 Å². The molecule has 0 aromatic rings. The van der Waals surface area contributed by atoms with Crippen molar-refractivity contribution in [2.45, 2.75) is 32.7 Å². The molecule has 2 atom stereocenters. The van der Waals surface area contributed by atoms with Gasteiger partial charge < -0.3 is 14.8 Å². The van der Waals surface area contributed by atoms with Gasteiger partial charge in [0.15, 0.2) is 0 Å². The van der Waals surface area contributed by atoms with Crippen molar-refractivity contribution < 1.29 is 14.3 Å². The largest absolute Gasteiger partial charge is 0.466 e. The Kier molecular flexibility index (Phi) is 8.02. The summed E-state index contributed by atoms with van der Waals surface area (Å²) in [6.45, 7) is 8.60. The van der Waals surface area contributed by atoms with Crippen LogP contribution in [0.2, 0.25) is 0 Å². The van der Waals surface area contributed by atoms with Gasteiger partial charge in [-0.15, -0.1) is 0 Å². The van der Waals surface area contributed by atoms with Crippen LogP contribution in [-0.2, 0) is 14.3 Å². The molecule has 0 spiro atoms. The van der Waals surface area contributed by atoms with E-state index < -0.39 is 0 Å². The van der Waals surface area contributed by atoms with Gasteiger partial charge >= 0.3 is 5.97 Å². The summed E-state index contributed by atoms with van der Waals surface area (Å²) in [5, 5.41) is 3.49. The number of nitrogens with one attached hydrogen (secondary N) is 1. The Bertz CT molecular complexity index is 255. The van der Waals surface area contributed by atoms with E-state index in [1.54, 1.807) is 7.11 Å². The molecule has 0 bridgehead atoms. The second kappa shape index (κ2) is 9.28. The monoisotopic (exact) mass is 272 g/mol. The summed E-state index contributed by atoms with van der Waals surface area (Å²) in [6.07, 6.45) is 2.47. The first kappa shape index (κ1) is 16.4. The smallest absolute Gasteiger partial charge is 0.309 e. The number of methoxy groups -OCH3 is 1. The Morgan fingerprint density at radius 2 is 2.32 bits per heavy atom. The minimum Gasteiger partial charge on any atom is -0.466 e. The standard InChI is InChI=1S/C14H28N2O3/c1-4-19-14(17)12(2)10-16(8-9-18-3)11-13-6-5-7-15-13/h12-13,15H,4-11H2,1-3H3. The number of hydrogen-bond acceptors (Lipinski definition) is 5. The van der Waals surface area contributed by atoms with Crippen molar-refractivity contribution in [1.29, 1.82) is 0 Å². The molecule has 112 valence electrons. The van der Waals surface area contributed by atoms with Gasteiger partial charge in [-0.2, -0.15) is 0 Å². The van der Waals surface area contributed by atoms with Crippen LogP contribution in [0.3, 0.4) is 0 Å². The number of nitrogens with zero attached hydrogens (tertiary/aromatic N) is 1. The highest BCUT2D eigenvalue weighted by Crippen LogP contribution is 2.09. The van der Waals surface area contributed by atoms with Gasteiger partial charge in [0.05, 0.1) is 19.1 Å². The molecule has 5 heteroatoms. The van der Waals surface area contributed by atoms with Crippen molar-refractivity contribution >= 4 is 5.97 Å². The summed E-state index contributed by atoms with van der Waals surface area (Å²) < 4.78 is 10.2. The van der Waals surface area contributed by atoms with Crippen molar-refractivity contribution in [2.75, 3.05) is 46.5 Å². The Morgan fingerprint density at radius 1 is 1.53 bits per heavy atom. The fourth-order valence-corrected chi connectivity index (χ4v) is 2.45. The Morgan fingerprint density at radius 3 is 2.89 bits per heavy atom. The van der Waals surface area contributed by atoms with Crippen LogP contribution in [0.25, 0.3) is 0 Å². The predicted octanol–water partition coefficient (Wildman–Crippen LogP) is 0.886. The zero-order valence-corrected chi connectivity index (χ0v) is 12.5. The molecule has 1 N–H and O–H groups in total. The Labute approximate surface area is 116 Å². The first-order valence-corrected chi connectivity index (χ1v) is 7.28. The van der Waals surface area contributed by atoms with Crippen LogP contribution in [0.1, 0.15) is 26.7 Å². The lowest BCUT2D eigenvalue weighted by Gasteiger charge is -2.27. The maximum absolute atomic E-state index is 11.7. The summed E-state index contributed by atoms with van der Waals surface area (Å²) in [7, 11) is 1.71. The van der Waals surface area contributed by atoms with Crippen LogP contribution >= 0.6 is 0 Å². The number of rotatable bonds is 9. The molecule has 1 rings (SSSR count). The van der Waals surface area contributed by atoms with E-state index in [1.807, 2.05) is 13.8 Å². The van der Waals surface area contributed by atoms with E-state index in [4.69, 9.17) is 9.47 Å². The number of ether oxygens (including phenoxy) is 2. The Hall–Kier alpha value is -0.650. The number of esters is 1. The molecule has 1 aliphatic heterocycles. The molecule has 1 saturated heterocycles. The zero-order valence-electron chi connectivity index (χ0n) is 12.5.